The van der Waals surface area contributed by atoms with E-state index in [2.05, 4.69) is 25.0 Å². The number of nitrogens with two attached hydrogens (primary N) is 1. The molecule has 1 aromatic heterocycles. The Kier molecular flexibility index (Phi) is 6.88. The first-order valence-corrected chi connectivity index (χ1v) is 12.0. The number of carbonyl (C=O) groups is 1. The van der Waals surface area contributed by atoms with E-state index < -0.39 is 16.0 Å². The normalized spacial score (nSPS) is 11.0. The number of aromatic nitrogens is 3. The van der Waals surface area contributed by atoms with Gasteiger partial charge in [-0.3, -0.25) is 4.72 Å². The summed E-state index contributed by atoms with van der Waals surface area (Å²) in [5.74, 6) is -0.326. The second-order valence-electron chi connectivity index (χ2n) is 7.50. The monoisotopic (exact) mass is 490 g/mol. The summed E-state index contributed by atoms with van der Waals surface area (Å²) in [5.41, 5.74) is 8.13. The maximum Gasteiger partial charge on any atom is 0.338 e. The average Bonchev–Trinajstić information content (AvgIpc) is 2.84. The van der Waals surface area contributed by atoms with Crippen molar-refractivity contribution in [2.75, 3.05) is 15.8 Å². The minimum atomic E-state index is -3.81. The zero-order valence-electron chi connectivity index (χ0n) is 18.7. The standard InChI is InChI=1S/C24H22N6O4S/c1-16-7-11-19(12-8-16)30-35(32,33)20-13-9-17(10-14-20)22(31)34-15-21-27-23(25)29-24(28-21)26-18-5-3-2-4-6-18/h2-14,30H,15H2,1H3,(H3,25,26,27,28,29). The fourth-order valence-corrected chi connectivity index (χ4v) is 4.09. The fourth-order valence-electron chi connectivity index (χ4n) is 3.03. The van der Waals surface area contributed by atoms with E-state index in [-0.39, 0.29) is 34.8 Å². The van der Waals surface area contributed by atoms with Gasteiger partial charge >= 0.3 is 5.97 Å². The van der Waals surface area contributed by atoms with Gasteiger partial charge in [-0.15, -0.1) is 0 Å². The van der Waals surface area contributed by atoms with Gasteiger partial charge in [-0.25, -0.2) is 13.2 Å². The Morgan fingerprint density at radius 2 is 1.57 bits per heavy atom. The Balaban J connectivity index is 1.39. The van der Waals surface area contributed by atoms with Crippen LogP contribution in [-0.4, -0.2) is 29.3 Å². The van der Waals surface area contributed by atoms with E-state index in [1.54, 1.807) is 24.3 Å². The van der Waals surface area contributed by atoms with Crippen LogP contribution in [0.15, 0.2) is 83.8 Å². The van der Waals surface area contributed by atoms with E-state index in [0.29, 0.717) is 5.69 Å². The number of aryl methyl sites for hydroxylation is 1. The molecule has 1 heterocycles. The van der Waals surface area contributed by atoms with E-state index in [1.165, 1.54) is 24.3 Å². The van der Waals surface area contributed by atoms with Gasteiger partial charge in [0, 0.05) is 11.4 Å². The largest absolute Gasteiger partial charge is 0.454 e. The second-order valence-corrected chi connectivity index (χ2v) is 9.18. The number of para-hydroxylation sites is 1. The number of rotatable bonds is 8. The number of hydrogen-bond donors (Lipinski definition) is 3. The summed E-state index contributed by atoms with van der Waals surface area (Å²) in [7, 11) is -3.81. The Morgan fingerprint density at radius 1 is 0.886 bits per heavy atom. The van der Waals surface area contributed by atoms with Gasteiger partial charge in [-0.1, -0.05) is 35.9 Å². The lowest BCUT2D eigenvalue weighted by atomic mass is 10.2. The number of anilines is 4. The number of nitrogens with one attached hydrogen (secondary N) is 2. The highest BCUT2D eigenvalue weighted by atomic mass is 32.2. The molecule has 4 N–H and O–H groups in total. The molecule has 0 fully saturated rings. The summed E-state index contributed by atoms with van der Waals surface area (Å²) in [4.78, 5) is 24.7. The molecular weight excluding hydrogens is 468 g/mol. The van der Waals surface area contributed by atoms with Gasteiger partial charge in [0.05, 0.1) is 10.5 Å². The van der Waals surface area contributed by atoms with Crippen molar-refractivity contribution in [1.29, 1.82) is 0 Å². The molecule has 4 aromatic rings. The third-order valence-corrected chi connectivity index (χ3v) is 6.16. The summed E-state index contributed by atoms with van der Waals surface area (Å²) in [6, 6.07) is 21.6. The van der Waals surface area contributed by atoms with Crippen LogP contribution in [0.5, 0.6) is 0 Å². The van der Waals surface area contributed by atoms with Gasteiger partial charge in [0.15, 0.2) is 12.4 Å². The number of hydrogen-bond acceptors (Lipinski definition) is 9. The number of nitrogens with zero attached hydrogens (tertiary/aromatic N) is 3. The summed E-state index contributed by atoms with van der Waals surface area (Å²) in [5, 5.41) is 3.00. The van der Waals surface area contributed by atoms with Crippen LogP contribution in [-0.2, 0) is 21.4 Å². The van der Waals surface area contributed by atoms with Gasteiger partial charge in [0.1, 0.15) is 0 Å². The van der Waals surface area contributed by atoms with Gasteiger partial charge in [-0.05, 0) is 55.5 Å². The molecule has 0 bridgehead atoms. The highest BCUT2D eigenvalue weighted by Crippen LogP contribution is 2.18. The molecule has 0 aliphatic heterocycles. The van der Waals surface area contributed by atoms with Crippen LogP contribution < -0.4 is 15.8 Å². The quantitative estimate of drug-likeness (QED) is 0.314. The predicted molar refractivity (Wildman–Crippen MR) is 132 cm³/mol. The van der Waals surface area contributed by atoms with E-state index >= 15 is 0 Å². The Morgan fingerprint density at radius 3 is 2.26 bits per heavy atom. The summed E-state index contributed by atoms with van der Waals surface area (Å²) >= 11 is 0. The molecule has 35 heavy (non-hydrogen) atoms. The zero-order valence-corrected chi connectivity index (χ0v) is 19.5. The SMILES string of the molecule is Cc1ccc(NS(=O)(=O)c2ccc(C(=O)OCc3nc(N)nc(Nc4ccccc4)n3)cc2)cc1. The van der Waals surface area contributed by atoms with Gasteiger partial charge in [0.25, 0.3) is 10.0 Å². The van der Waals surface area contributed by atoms with Crippen molar-refractivity contribution >= 4 is 39.3 Å². The maximum atomic E-state index is 12.6. The van der Waals surface area contributed by atoms with Crippen molar-refractivity contribution in [1.82, 2.24) is 15.0 Å². The molecule has 0 unspecified atom stereocenters. The first-order valence-electron chi connectivity index (χ1n) is 10.5. The average molecular weight is 491 g/mol. The molecule has 0 amide bonds. The minimum Gasteiger partial charge on any atom is -0.454 e. The molecule has 3 aromatic carbocycles. The molecule has 0 radical (unpaired) electrons. The molecule has 11 heteroatoms. The number of sulfonamides is 1. The smallest absolute Gasteiger partial charge is 0.338 e. The fraction of sp³-hybridized carbons (Fsp3) is 0.0833. The molecule has 178 valence electrons. The number of carbonyl (C=O) groups excluding carboxylic acids is 1. The summed E-state index contributed by atoms with van der Waals surface area (Å²) in [6.07, 6.45) is 0. The summed E-state index contributed by atoms with van der Waals surface area (Å²) in [6.45, 7) is 1.66. The topological polar surface area (TPSA) is 149 Å². The van der Waals surface area contributed by atoms with E-state index in [1.807, 2.05) is 37.3 Å². The molecule has 0 saturated carbocycles. The number of esters is 1. The lowest BCUT2D eigenvalue weighted by Crippen LogP contribution is -2.14. The number of benzene rings is 3. The first-order chi connectivity index (χ1) is 16.8. The Bertz CT molecular complexity index is 1430. The second kappa shape index (κ2) is 10.2. The van der Waals surface area contributed by atoms with Crippen molar-refractivity contribution < 1.29 is 17.9 Å². The van der Waals surface area contributed by atoms with Gasteiger partial charge in [-0.2, -0.15) is 15.0 Å². The molecular formula is C24H22N6O4S. The van der Waals surface area contributed by atoms with Crippen molar-refractivity contribution in [2.24, 2.45) is 0 Å². The third-order valence-electron chi connectivity index (χ3n) is 4.77. The number of nitrogen functional groups attached to an aromatic ring is 1. The van der Waals surface area contributed by atoms with Crippen LogP contribution in [0.2, 0.25) is 0 Å². The maximum absolute atomic E-state index is 12.6. The zero-order chi connectivity index (χ0) is 24.8. The summed E-state index contributed by atoms with van der Waals surface area (Å²) < 4.78 is 33.0. The van der Waals surface area contributed by atoms with Crippen LogP contribution >= 0.6 is 0 Å². The molecule has 10 nitrogen and oxygen atoms in total. The van der Waals surface area contributed by atoms with Crippen LogP contribution in [0.4, 0.5) is 23.3 Å². The molecule has 0 spiro atoms. The van der Waals surface area contributed by atoms with Crippen molar-refractivity contribution in [3.63, 3.8) is 0 Å². The number of ether oxygens (including phenoxy) is 1. The van der Waals surface area contributed by atoms with Crippen molar-refractivity contribution in [3.8, 4) is 0 Å². The van der Waals surface area contributed by atoms with Gasteiger partial charge in [0.2, 0.25) is 11.9 Å². The lowest BCUT2D eigenvalue weighted by molar-refractivity contribution is 0.0462. The molecule has 0 saturated heterocycles. The first kappa shape index (κ1) is 23.6. The van der Waals surface area contributed by atoms with Crippen LogP contribution in [0.3, 0.4) is 0 Å². The predicted octanol–water partition coefficient (Wildman–Crippen LogP) is 3.66. The van der Waals surface area contributed by atoms with Crippen LogP contribution in [0, 0.1) is 6.92 Å². The van der Waals surface area contributed by atoms with E-state index in [4.69, 9.17) is 10.5 Å². The van der Waals surface area contributed by atoms with E-state index in [9.17, 15) is 13.2 Å². The Hall–Kier alpha value is -4.51. The van der Waals surface area contributed by atoms with Crippen molar-refractivity contribution in [3.05, 3.63) is 95.8 Å². The highest BCUT2D eigenvalue weighted by Gasteiger charge is 2.16. The molecule has 0 atom stereocenters. The van der Waals surface area contributed by atoms with Crippen LogP contribution in [0.1, 0.15) is 21.7 Å². The molecule has 4 rings (SSSR count). The highest BCUT2D eigenvalue weighted by molar-refractivity contribution is 7.92. The van der Waals surface area contributed by atoms with E-state index in [0.717, 1.165) is 11.3 Å². The molecule has 0 aliphatic carbocycles. The van der Waals surface area contributed by atoms with Crippen molar-refractivity contribution in [2.45, 2.75) is 18.4 Å². The Labute approximate surface area is 202 Å². The minimum absolute atomic E-state index is 0.0106. The lowest BCUT2D eigenvalue weighted by Gasteiger charge is -2.10. The molecule has 0 aliphatic rings. The van der Waals surface area contributed by atoms with Gasteiger partial charge < -0.3 is 15.8 Å². The third kappa shape index (κ3) is 6.30. The van der Waals surface area contributed by atoms with Crippen LogP contribution in [0.25, 0.3) is 0 Å².